The van der Waals surface area contributed by atoms with Crippen LogP contribution >= 0.6 is 0 Å². The lowest BCUT2D eigenvalue weighted by Gasteiger charge is -2.14. The lowest BCUT2D eigenvalue weighted by Crippen LogP contribution is -2.33. The second kappa shape index (κ2) is 7.94. The highest BCUT2D eigenvalue weighted by Gasteiger charge is 2.28. The summed E-state index contributed by atoms with van der Waals surface area (Å²) in [6.07, 6.45) is 8.37. The number of hydrogen-bond donors (Lipinski definition) is 2. The highest BCUT2D eigenvalue weighted by atomic mass is 19.1. The van der Waals surface area contributed by atoms with E-state index in [4.69, 9.17) is 4.42 Å². The van der Waals surface area contributed by atoms with E-state index in [1.54, 1.807) is 12.3 Å². The monoisotopic (exact) mass is 416 g/mol. The van der Waals surface area contributed by atoms with E-state index in [-0.39, 0.29) is 17.7 Å². The molecule has 0 saturated carbocycles. The number of hydrogen-bond acceptors (Lipinski definition) is 7. The Morgan fingerprint density at radius 1 is 1.16 bits per heavy atom. The number of aromatic nitrogens is 3. The van der Waals surface area contributed by atoms with Crippen molar-refractivity contribution in [3.8, 4) is 11.5 Å². The number of anilines is 2. The van der Waals surface area contributed by atoms with E-state index in [0.717, 1.165) is 24.0 Å². The standard InChI is InChI=1S/C22H17FN6O2/c23-15-10-8-14(9-11-15)21-28-29-22(31-21)27-19-20(30)26-18-16(7-4-12-24-18)17(25-19)13-5-2-1-3-6-13/h1-2,4-5,7-12,19H,3,6H2,(H,27,29)(H,24,26,30). The van der Waals surface area contributed by atoms with Crippen LogP contribution in [0, 0.1) is 5.82 Å². The molecule has 8 nitrogen and oxygen atoms in total. The zero-order valence-corrected chi connectivity index (χ0v) is 16.2. The number of amides is 1. The van der Waals surface area contributed by atoms with Crippen LogP contribution in [0.2, 0.25) is 0 Å². The molecule has 154 valence electrons. The number of allylic oxidation sites excluding steroid dienone is 4. The number of fused-ring (bicyclic) bond motifs is 1. The van der Waals surface area contributed by atoms with Crippen LogP contribution in [0.3, 0.4) is 0 Å². The Bertz CT molecular complexity index is 1230. The smallest absolute Gasteiger partial charge is 0.317 e. The molecule has 1 aliphatic heterocycles. The molecule has 1 amide bonds. The first-order valence-corrected chi connectivity index (χ1v) is 9.73. The molecule has 1 unspecified atom stereocenters. The van der Waals surface area contributed by atoms with Crippen molar-refractivity contribution in [1.82, 2.24) is 15.2 Å². The summed E-state index contributed by atoms with van der Waals surface area (Å²) >= 11 is 0. The highest BCUT2D eigenvalue weighted by molar-refractivity contribution is 6.19. The van der Waals surface area contributed by atoms with E-state index in [1.165, 1.54) is 24.3 Å². The summed E-state index contributed by atoms with van der Waals surface area (Å²) in [6, 6.07) is 9.39. The zero-order valence-electron chi connectivity index (χ0n) is 16.2. The molecule has 2 aromatic heterocycles. The fourth-order valence-electron chi connectivity index (χ4n) is 3.40. The van der Waals surface area contributed by atoms with Crippen LogP contribution < -0.4 is 10.6 Å². The predicted octanol–water partition coefficient (Wildman–Crippen LogP) is 3.73. The molecule has 1 aromatic carbocycles. The third kappa shape index (κ3) is 3.85. The van der Waals surface area contributed by atoms with Crippen LogP contribution in [0.5, 0.6) is 0 Å². The number of nitrogens with zero attached hydrogens (tertiary/aromatic N) is 4. The van der Waals surface area contributed by atoms with Crippen LogP contribution in [0.1, 0.15) is 18.4 Å². The maximum atomic E-state index is 13.1. The Labute approximate surface area is 176 Å². The Morgan fingerprint density at radius 2 is 2.03 bits per heavy atom. The van der Waals surface area contributed by atoms with Gasteiger partial charge in [-0.15, -0.1) is 5.10 Å². The average molecular weight is 416 g/mol. The first kappa shape index (κ1) is 18.9. The van der Waals surface area contributed by atoms with Gasteiger partial charge in [0.05, 0.1) is 5.71 Å². The van der Waals surface area contributed by atoms with Crippen LogP contribution in [0.4, 0.5) is 16.2 Å². The number of aliphatic imine (C=N–C) groups is 1. The highest BCUT2D eigenvalue weighted by Crippen LogP contribution is 2.27. The Morgan fingerprint density at radius 3 is 2.84 bits per heavy atom. The van der Waals surface area contributed by atoms with E-state index in [1.807, 2.05) is 18.2 Å². The molecule has 31 heavy (non-hydrogen) atoms. The third-order valence-corrected chi connectivity index (χ3v) is 4.91. The zero-order chi connectivity index (χ0) is 21.2. The summed E-state index contributed by atoms with van der Waals surface area (Å²) in [5.41, 5.74) is 3.01. The van der Waals surface area contributed by atoms with Crippen molar-refractivity contribution < 1.29 is 13.6 Å². The number of rotatable bonds is 4. The molecule has 0 fully saturated rings. The minimum Gasteiger partial charge on any atom is -0.403 e. The number of nitrogens with one attached hydrogen (secondary N) is 2. The van der Waals surface area contributed by atoms with Crippen molar-refractivity contribution in [2.75, 3.05) is 10.6 Å². The maximum absolute atomic E-state index is 13.1. The molecule has 2 aliphatic rings. The second-order valence-corrected chi connectivity index (χ2v) is 6.99. The van der Waals surface area contributed by atoms with Gasteiger partial charge in [0.2, 0.25) is 12.1 Å². The van der Waals surface area contributed by atoms with Gasteiger partial charge in [0, 0.05) is 17.3 Å². The lowest BCUT2D eigenvalue weighted by molar-refractivity contribution is -0.116. The minimum absolute atomic E-state index is 0.0269. The van der Waals surface area contributed by atoms with Crippen molar-refractivity contribution in [1.29, 1.82) is 0 Å². The van der Waals surface area contributed by atoms with E-state index in [0.29, 0.717) is 17.1 Å². The normalized spacial score (nSPS) is 17.8. The number of carbonyl (C=O) groups is 1. The van der Waals surface area contributed by atoms with Crippen molar-refractivity contribution >= 4 is 23.5 Å². The predicted molar refractivity (Wildman–Crippen MR) is 113 cm³/mol. The van der Waals surface area contributed by atoms with E-state index < -0.39 is 12.1 Å². The molecule has 1 aliphatic carbocycles. The van der Waals surface area contributed by atoms with Gasteiger partial charge in [0.15, 0.2) is 0 Å². The number of pyridine rings is 1. The van der Waals surface area contributed by atoms with Crippen molar-refractivity contribution in [2.24, 2.45) is 4.99 Å². The van der Waals surface area contributed by atoms with Gasteiger partial charge in [-0.3, -0.25) is 4.79 Å². The Hall–Kier alpha value is -4.14. The van der Waals surface area contributed by atoms with Gasteiger partial charge in [-0.2, -0.15) is 0 Å². The molecule has 1 atom stereocenters. The number of carbonyl (C=O) groups excluding carboxylic acids is 1. The van der Waals surface area contributed by atoms with Gasteiger partial charge in [0.25, 0.3) is 5.91 Å². The third-order valence-electron chi connectivity index (χ3n) is 4.91. The molecule has 9 heteroatoms. The largest absolute Gasteiger partial charge is 0.403 e. The van der Waals surface area contributed by atoms with Gasteiger partial charge in [-0.1, -0.05) is 23.3 Å². The van der Waals surface area contributed by atoms with Crippen LogP contribution in [0.15, 0.2) is 75.8 Å². The first-order chi connectivity index (χ1) is 15.2. The fraction of sp³-hybridized carbons (Fsp3) is 0.136. The fourth-order valence-corrected chi connectivity index (χ4v) is 3.40. The molecule has 2 N–H and O–H groups in total. The topological polar surface area (TPSA) is 105 Å². The molecular formula is C22H17FN6O2. The van der Waals surface area contributed by atoms with Crippen LogP contribution in [-0.4, -0.2) is 33.0 Å². The van der Waals surface area contributed by atoms with Gasteiger partial charge in [-0.25, -0.2) is 14.4 Å². The molecular weight excluding hydrogens is 399 g/mol. The lowest BCUT2D eigenvalue weighted by atomic mass is 9.95. The SMILES string of the molecule is O=C1Nc2ncccc2C(C2=CC=CCC2)=NC1Nc1nnc(-c2ccc(F)cc2)o1. The number of halogens is 1. The van der Waals surface area contributed by atoms with Gasteiger partial charge in [-0.05, 0) is 54.8 Å². The molecule has 3 aromatic rings. The quantitative estimate of drug-likeness (QED) is 0.672. The molecule has 0 spiro atoms. The van der Waals surface area contributed by atoms with Gasteiger partial charge in [0.1, 0.15) is 11.6 Å². The minimum atomic E-state index is -1.00. The summed E-state index contributed by atoms with van der Waals surface area (Å²) in [6.45, 7) is 0. The summed E-state index contributed by atoms with van der Waals surface area (Å²) < 4.78 is 18.8. The van der Waals surface area contributed by atoms with E-state index in [9.17, 15) is 9.18 Å². The Balaban J connectivity index is 1.47. The van der Waals surface area contributed by atoms with E-state index in [2.05, 4.69) is 36.9 Å². The summed E-state index contributed by atoms with van der Waals surface area (Å²) in [5, 5.41) is 13.6. The molecule has 0 bridgehead atoms. The van der Waals surface area contributed by atoms with E-state index >= 15 is 0 Å². The van der Waals surface area contributed by atoms with Crippen molar-refractivity contribution in [2.45, 2.75) is 19.0 Å². The maximum Gasteiger partial charge on any atom is 0.317 e. The van der Waals surface area contributed by atoms with Gasteiger partial charge < -0.3 is 15.1 Å². The van der Waals surface area contributed by atoms with Crippen LogP contribution in [-0.2, 0) is 4.79 Å². The molecule has 3 heterocycles. The Kier molecular flexibility index (Phi) is 4.83. The summed E-state index contributed by atoms with van der Waals surface area (Å²) in [4.78, 5) is 21.8. The molecule has 0 radical (unpaired) electrons. The number of benzene rings is 1. The first-order valence-electron chi connectivity index (χ1n) is 9.73. The average Bonchev–Trinajstić information content (AvgIpc) is 3.21. The molecule has 0 saturated heterocycles. The van der Waals surface area contributed by atoms with Crippen LogP contribution in [0.25, 0.3) is 11.5 Å². The second-order valence-electron chi connectivity index (χ2n) is 6.99. The van der Waals surface area contributed by atoms with Crippen molar-refractivity contribution in [3.63, 3.8) is 0 Å². The summed E-state index contributed by atoms with van der Waals surface area (Å²) in [5.74, 6) is -0.114. The summed E-state index contributed by atoms with van der Waals surface area (Å²) in [7, 11) is 0. The molecule has 5 rings (SSSR count). The van der Waals surface area contributed by atoms with Gasteiger partial charge >= 0.3 is 6.01 Å². The van der Waals surface area contributed by atoms with Crippen molar-refractivity contribution in [3.05, 3.63) is 77.8 Å².